The summed E-state index contributed by atoms with van der Waals surface area (Å²) in [7, 11) is 2.37. The first-order valence-corrected chi connectivity index (χ1v) is 5.73. The molecule has 0 aromatic heterocycles. The summed E-state index contributed by atoms with van der Waals surface area (Å²) in [6, 6.07) is 0. The number of hydrogen-bond acceptors (Lipinski definition) is 6. The van der Waals surface area contributed by atoms with Gasteiger partial charge in [0.1, 0.15) is 0 Å². The second kappa shape index (κ2) is 7.38. The Hall–Kier alpha value is 0.970. The molecule has 0 N–H and O–H groups in total. The maximum atomic E-state index is 11.1. The quantitative estimate of drug-likeness (QED) is 0.362. The SMILES string of the molecule is COP(=O)(OC)SCC(=O)[O-].[Na+]. The maximum absolute atomic E-state index is 11.1. The van der Waals surface area contributed by atoms with Crippen LogP contribution in [-0.2, 0) is 18.4 Å². The number of hydrogen-bond donors (Lipinski definition) is 0. The number of carbonyl (C=O) groups excluding carboxylic acids is 1. The van der Waals surface area contributed by atoms with Crippen molar-refractivity contribution in [3.05, 3.63) is 0 Å². The van der Waals surface area contributed by atoms with E-state index < -0.39 is 18.5 Å². The van der Waals surface area contributed by atoms with Gasteiger partial charge in [-0.1, -0.05) is 0 Å². The van der Waals surface area contributed by atoms with E-state index in [1.165, 1.54) is 14.2 Å². The van der Waals surface area contributed by atoms with Gasteiger partial charge in [0.15, 0.2) is 0 Å². The van der Waals surface area contributed by atoms with Crippen LogP contribution in [0.1, 0.15) is 0 Å². The molecule has 0 aliphatic carbocycles. The first-order chi connectivity index (χ1) is 5.04. The normalized spacial score (nSPS) is 10.5. The fourth-order valence-electron chi connectivity index (χ4n) is 0.312. The Kier molecular flexibility index (Phi) is 9.50. The minimum absolute atomic E-state index is 0. The summed E-state index contributed by atoms with van der Waals surface area (Å²) in [5.74, 6) is -1.71. The third-order valence-corrected chi connectivity index (χ3v) is 4.59. The van der Waals surface area contributed by atoms with Crippen LogP contribution in [-0.4, -0.2) is 25.9 Å². The first kappa shape index (κ1) is 15.4. The molecule has 0 saturated carbocycles. The van der Waals surface area contributed by atoms with Gasteiger partial charge in [-0.3, -0.25) is 0 Å². The molecular weight excluding hydrogens is 214 g/mol. The van der Waals surface area contributed by atoms with E-state index in [1.54, 1.807) is 0 Å². The Morgan fingerprint density at radius 1 is 1.50 bits per heavy atom. The van der Waals surface area contributed by atoms with Crippen molar-refractivity contribution in [2.24, 2.45) is 0 Å². The van der Waals surface area contributed by atoms with Crippen LogP contribution >= 0.6 is 18.2 Å². The largest absolute Gasteiger partial charge is 1.00 e. The summed E-state index contributed by atoms with van der Waals surface area (Å²) in [6.07, 6.45) is 0. The molecular formula is C4H8NaO5PS. The standard InChI is InChI=1S/C4H9O5PS.Na/c1-8-10(7,9-2)11-3-4(5)6;/h3H2,1-2H3,(H,5,6);/q;+1/p-1. The third kappa shape index (κ3) is 6.48. The smallest absolute Gasteiger partial charge is 0.549 e. The van der Waals surface area contributed by atoms with Gasteiger partial charge in [0.05, 0.1) is 5.97 Å². The zero-order chi connectivity index (χ0) is 8.91. The van der Waals surface area contributed by atoms with Crippen LogP contribution in [0.15, 0.2) is 0 Å². The number of carboxylic acid groups (broad SMARTS) is 1. The molecule has 66 valence electrons. The Labute approximate surface area is 96.8 Å². The Balaban J connectivity index is 0. The zero-order valence-corrected chi connectivity index (χ0v) is 10.8. The first-order valence-electron chi connectivity index (χ1n) is 2.60. The average molecular weight is 222 g/mol. The molecule has 8 heteroatoms. The van der Waals surface area contributed by atoms with E-state index in [2.05, 4.69) is 9.05 Å². The van der Waals surface area contributed by atoms with Gasteiger partial charge < -0.3 is 18.9 Å². The maximum Gasteiger partial charge on any atom is 1.00 e. The van der Waals surface area contributed by atoms with Crippen molar-refractivity contribution in [1.82, 2.24) is 0 Å². The van der Waals surface area contributed by atoms with Crippen LogP contribution in [0.5, 0.6) is 0 Å². The molecule has 0 atom stereocenters. The van der Waals surface area contributed by atoms with Gasteiger partial charge in [-0.05, 0) is 11.4 Å². The summed E-state index contributed by atoms with van der Waals surface area (Å²) in [4.78, 5) is 9.91. The van der Waals surface area contributed by atoms with E-state index in [1.807, 2.05) is 0 Å². The summed E-state index contributed by atoms with van der Waals surface area (Å²) in [5, 5.41) is 9.91. The molecule has 0 spiro atoms. The van der Waals surface area contributed by atoms with E-state index in [9.17, 15) is 14.5 Å². The molecule has 0 unspecified atom stereocenters. The van der Waals surface area contributed by atoms with Gasteiger partial charge in [-0.25, -0.2) is 4.57 Å². The molecule has 0 fully saturated rings. The van der Waals surface area contributed by atoms with Gasteiger partial charge in [0, 0.05) is 20.0 Å². The van der Waals surface area contributed by atoms with Gasteiger partial charge in [-0.15, -0.1) is 0 Å². The minimum atomic E-state index is -3.24. The van der Waals surface area contributed by atoms with Crippen LogP contribution in [0.3, 0.4) is 0 Å². The van der Waals surface area contributed by atoms with Gasteiger partial charge >= 0.3 is 36.4 Å². The molecule has 0 radical (unpaired) electrons. The van der Waals surface area contributed by atoms with Crippen molar-refractivity contribution in [1.29, 1.82) is 0 Å². The minimum Gasteiger partial charge on any atom is -0.549 e. The molecule has 0 aromatic carbocycles. The summed E-state index contributed by atoms with van der Waals surface area (Å²) < 4.78 is 20.0. The average Bonchev–Trinajstić information content (AvgIpc) is 2.00. The Morgan fingerprint density at radius 2 is 1.92 bits per heavy atom. The molecule has 0 aliphatic heterocycles. The molecule has 0 bridgehead atoms. The van der Waals surface area contributed by atoms with Gasteiger partial charge in [0.2, 0.25) is 0 Å². The van der Waals surface area contributed by atoms with E-state index in [0.717, 1.165) is 0 Å². The summed E-state index contributed by atoms with van der Waals surface area (Å²) in [5.41, 5.74) is 0. The monoisotopic (exact) mass is 222 g/mol. The zero-order valence-electron chi connectivity index (χ0n) is 7.10. The van der Waals surface area contributed by atoms with Crippen molar-refractivity contribution < 1.29 is 53.1 Å². The van der Waals surface area contributed by atoms with Crippen molar-refractivity contribution in [2.45, 2.75) is 0 Å². The van der Waals surface area contributed by atoms with Crippen molar-refractivity contribution in [3.63, 3.8) is 0 Å². The molecule has 0 aromatic rings. The summed E-state index contributed by atoms with van der Waals surface area (Å²) >= 11 is 0.581. The Bertz CT molecular complexity index is 178. The van der Waals surface area contributed by atoms with Crippen LogP contribution in [0.4, 0.5) is 0 Å². The number of carboxylic acids is 1. The van der Waals surface area contributed by atoms with Crippen molar-refractivity contribution in [2.75, 3.05) is 20.0 Å². The fourth-order valence-corrected chi connectivity index (χ4v) is 2.36. The number of carbonyl (C=O) groups is 1. The molecule has 5 nitrogen and oxygen atoms in total. The van der Waals surface area contributed by atoms with E-state index in [0.29, 0.717) is 11.4 Å². The number of rotatable bonds is 5. The van der Waals surface area contributed by atoms with Crippen molar-refractivity contribution >= 4 is 24.1 Å². The van der Waals surface area contributed by atoms with E-state index >= 15 is 0 Å². The Morgan fingerprint density at radius 3 is 2.17 bits per heavy atom. The molecule has 12 heavy (non-hydrogen) atoms. The topological polar surface area (TPSA) is 75.7 Å². The molecule has 0 heterocycles. The third-order valence-electron chi connectivity index (χ3n) is 0.788. The van der Waals surface area contributed by atoms with E-state index in [-0.39, 0.29) is 29.6 Å². The van der Waals surface area contributed by atoms with Crippen LogP contribution in [0, 0.1) is 0 Å². The number of aliphatic carboxylic acids is 1. The van der Waals surface area contributed by atoms with E-state index in [4.69, 9.17) is 0 Å². The molecule has 0 aliphatic rings. The predicted molar refractivity (Wildman–Crippen MR) is 39.1 cm³/mol. The second-order valence-electron chi connectivity index (χ2n) is 1.46. The molecule has 0 rings (SSSR count). The van der Waals surface area contributed by atoms with Crippen LogP contribution in [0.25, 0.3) is 0 Å². The molecule has 0 saturated heterocycles. The second-order valence-corrected chi connectivity index (χ2v) is 5.75. The van der Waals surface area contributed by atoms with Gasteiger partial charge in [0.25, 0.3) is 0 Å². The van der Waals surface area contributed by atoms with Crippen LogP contribution in [0.2, 0.25) is 0 Å². The fraction of sp³-hybridized carbons (Fsp3) is 0.750. The van der Waals surface area contributed by atoms with Gasteiger partial charge in [-0.2, -0.15) is 0 Å². The van der Waals surface area contributed by atoms with Crippen LogP contribution < -0.4 is 34.7 Å². The molecule has 0 amide bonds. The van der Waals surface area contributed by atoms with Crippen molar-refractivity contribution in [3.8, 4) is 0 Å². The summed E-state index contributed by atoms with van der Waals surface area (Å²) in [6.45, 7) is -3.24. The predicted octanol–water partition coefficient (Wildman–Crippen LogP) is -3.13.